The minimum absolute atomic E-state index is 0.154. The molecule has 0 aliphatic carbocycles. The van der Waals surface area contributed by atoms with Gasteiger partial charge in [0, 0.05) is 12.8 Å². The Morgan fingerprint density at radius 3 is 1.48 bits per heavy atom. The summed E-state index contributed by atoms with van der Waals surface area (Å²) in [6, 6.07) is 0. The van der Waals surface area contributed by atoms with Gasteiger partial charge in [-0.15, -0.1) is 0 Å². The molecule has 9 heteroatoms. The molecule has 0 amide bonds. The van der Waals surface area contributed by atoms with Crippen LogP contribution >= 0.6 is 7.82 Å². The number of phosphoric ester groups is 1. The van der Waals surface area contributed by atoms with Crippen LogP contribution in [0.4, 0.5) is 0 Å². The van der Waals surface area contributed by atoms with Gasteiger partial charge in [0.1, 0.15) is 6.61 Å². The molecule has 0 aliphatic heterocycles. The third-order valence-corrected chi connectivity index (χ3v) is 8.19. The van der Waals surface area contributed by atoms with Crippen molar-refractivity contribution in [1.82, 2.24) is 0 Å². The molecule has 0 aromatic carbocycles. The molecule has 0 saturated heterocycles. The van der Waals surface area contributed by atoms with Crippen LogP contribution in [0.2, 0.25) is 0 Å². The highest BCUT2D eigenvalue weighted by atomic mass is 31.2. The quantitative estimate of drug-likeness (QED) is 0.0292. The van der Waals surface area contributed by atoms with Gasteiger partial charge in [-0.1, -0.05) is 132 Å². The van der Waals surface area contributed by atoms with E-state index in [4.69, 9.17) is 19.3 Å². The largest absolute Gasteiger partial charge is 0.469 e. The van der Waals surface area contributed by atoms with E-state index in [1.807, 2.05) is 0 Å². The zero-order chi connectivity index (χ0) is 36.8. The van der Waals surface area contributed by atoms with Crippen LogP contribution in [0.3, 0.4) is 0 Å². The van der Waals surface area contributed by atoms with Gasteiger partial charge in [0.05, 0.1) is 6.61 Å². The van der Waals surface area contributed by atoms with Gasteiger partial charge in [-0.3, -0.25) is 14.1 Å². The van der Waals surface area contributed by atoms with Gasteiger partial charge in [-0.25, -0.2) is 4.57 Å². The molecular weight excluding hydrogens is 651 g/mol. The van der Waals surface area contributed by atoms with Crippen LogP contribution in [-0.4, -0.2) is 41.0 Å². The van der Waals surface area contributed by atoms with Crippen LogP contribution < -0.4 is 0 Å². The zero-order valence-electron chi connectivity index (χ0n) is 31.3. The van der Waals surface area contributed by atoms with E-state index in [-0.39, 0.29) is 19.4 Å². The Balaban J connectivity index is 4.05. The minimum atomic E-state index is -4.77. The Kier molecular flexibility index (Phi) is 34.5. The molecule has 286 valence electrons. The molecule has 0 saturated carbocycles. The van der Waals surface area contributed by atoms with E-state index in [1.165, 1.54) is 44.9 Å². The Bertz CT molecular complexity index is 1040. The fraction of sp³-hybridized carbons (Fsp3) is 0.659. The topological polar surface area (TPSA) is 119 Å². The SMILES string of the molecule is CC/C=C\C/C=C\C/C=C\C/C=C\CCCCC(=O)OC(COC(=O)CCCCCCCCC/C=C\C/C=C\CCCCC)COP(=O)(O)O. The maximum absolute atomic E-state index is 12.3. The molecule has 0 aliphatic rings. The van der Waals surface area contributed by atoms with Crippen molar-refractivity contribution in [3.8, 4) is 0 Å². The first-order chi connectivity index (χ1) is 24.3. The molecule has 2 N–H and O–H groups in total. The molecule has 0 spiro atoms. The second-order valence-corrected chi connectivity index (χ2v) is 13.8. The first kappa shape index (κ1) is 47.5. The lowest BCUT2D eigenvalue weighted by Gasteiger charge is -2.18. The number of hydrogen-bond donors (Lipinski definition) is 2. The molecule has 0 fully saturated rings. The average molecular weight is 721 g/mol. The number of phosphoric acid groups is 1. The van der Waals surface area contributed by atoms with Gasteiger partial charge in [0.2, 0.25) is 0 Å². The Hall–Kier alpha value is -2.51. The normalized spacial score (nSPS) is 13.3. The van der Waals surface area contributed by atoms with Crippen LogP contribution in [0.1, 0.15) is 155 Å². The van der Waals surface area contributed by atoms with Crippen LogP contribution in [0.15, 0.2) is 72.9 Å². The van der Waals surface area contributed by atoms with Crippen molar-refractivity contribution in [2.75, 3.05) is 13.2 Å². The lowest BCUT2D eigenvalue weighted by atomic mass is 10.1. The summed E-state index contributed by atoms with van der Waals surface area (Å²) in [6.07, 6.45) is 46.2. The molecule has 0 rings (SSSR count). The average Bonchev–Trinajstić information content (AvgIpc) is 3.08. The van der Waals surface area contributed by atoms with Gasteiger partial charge < -0.3 is 19.3 Å². The van der Waals surface area contributed by atoms with Gasteiger partial charge >= 0.3 is 19.8 Å². The molecule has 50 heavy (non-hydrogen) atoms. The first-order valence-corrected chi connectivity index (χ1v) is 20.8. The van der Waals surface area contributed by atoms with Gasteiger partial charge in [0.25, 0.3) is 0 Å². The molecule has 0 aromatic heterocycles. The van der Waals surface area contributed by atoms with Gasteiger partial charge in [0.15, 0.2) is 6.10 Å². The van der Waals surface area contributed by atoms with Crippen molar-refractivity contribution >= 4 is 19.8 Å². The lowest BCUT2D eigenvalue weighted by Crippen LogP contribution is -2.29. The van der Waals surface area contributed by atoms with Gasteiger partial charge in [-0.05, 0) is 83.5 Å². The van der Waals surface area contributed by atoms with Crippen LogP contribution in [-0.2, 0) is 28.2 Å². The van der Waals surface area contributed by atoms with E-state index in [1.54, 1.807) is 0 Å². The van der Waals surface area contributed by atoms with E-state index in [2.05, 4.69) is 91.3 Å². The number of allylic oxidation sites excluding steroid dienone is 12. The lowest BCUT2D eigenvalue weighted by molar-refractivity contribution is -0.161. The molecule has 8 nitrogen and oxygen atoms in total. The number of ether oxygens (including phenoxy) is 2. The van der Waals surface area contributed by atoms with Crippen LogP contribution in [0, 0.1) is 0 Å². The summed E-state index contributed by atoms with van der Waals surface area (Å²) >= 11 is 0. The molecule has 1 unspecified atom stereocenters. The van der Waals surface area contributed by atoms with Crippen LogP contribution in [0.5, 0.6) is 0 Å². The summed E-state index contributed by atoms with van der Waals surface area (Å²) in [5, 5.41) is 0. The van der Waals surface area contributed by atoms with E-state index in [0.717, 1.165) is 70.6 Å². The summed E-state index contributed by atoms with van der Waals surface area (Å²) in [6.45, 7) is 3.48. The molecule has 0 radical (unpaired) electrons. The number of carbonyl (C=O) groups excluding carboxylic acids is 2. The van der Waals surface area contributed by atoms with E-state index in [0.29, 0.717) is 12.8 Å². The van der Waals surface area contributed by atoms with Crippen molar-refractivity contribution in [1.29, 1.82) is 0 Å². The third-order valence-electron chi connectivity index (χ3n) is 7.71. The third kappa shape index (κ3) is 38.3. The van der Waals surface area contributed by atoms with E-state index < -0.39 is 32.5 Å². The minimum Gasteiger partial charge on any atom is -0.462 e. The first-order valence-electron chi connectivity index (χ1n) is 19.2. The molecular formula is C41H69O8P. The van der Waals surface area contributed by atoms with Gasteiger partial charge in [-0.2, -0.15) is 0 Å². The molecule has 0 aromatic rings. The van der Waals surface area contributed by atoms with Crippen LogP contribution in [0.25, 0.3) is 0 Å². The van der Waals surface area contributed by atoms with Crippen molar-refractivity contribution in [3.05, 3.63) is 72.9 Å². The standard InChI is InChI=1S/C41H69O8P/c1-3-5-7-9-11-13-15-17-19-20-22-23-25-27-29-31-33-35-40(42)47-37-39(38-48-50(44,45)46)49-41(43)36-34-32-30-28-26-24-21-18-16-14-12-10-8-6-4-2/h6,8,11-14,17-19,21,26,28,39H,3-5,7,9-10,15-16,20,22-25,27,29-38H2,1-2H3,(H2,44,45,46)/b8-6-,13-11-,14-12-,19-17-,21-18-,28-26-. The summed E-state index contributed by atoms with van der Waals surface area (Å²) < 4.78 is 26.3. The maximum atomic E-state index is 12.3. The highest BCUT2D eigenvalue weighted by Crippen LogP contribution is 2.36. The number of carbonyl (C=O) groups is 2. The van der Waals surface area contributed by atoms with E-state index in [9.17, 15) is 14.2 Å². The predicted octanol–water partition coefficient (Wildman–Crippen LogP) is 11.5. The highest BCUT2D eigenvalue weighted by Gasteiger charge is 2.22. The molecule has 0 heterocycles. The van der Waals surface area contributed by atoms with Crippen molar-refractivity contribution in [3.63, 3.8) is 0 Å². The predicted molar refractivity (Wildman–Crippen MR) is 207 cm³/mol. The van der Waals surface area contributed by atoms with Crippen molar-refractivity contribution in [2.45, 2.75) is 161 Å². The van der Waals surface area contributed by atoms with Crippen molar-refractivity contribution in [2.24, 2.45) is 0 Å². The zero-order valence-corrected chi connectivity index (χ0v) is 32.2. The molecule has 1 atom stereocenters. The van der Waals surface area contributed by atoms with E-state index >= 15 is 0 Å². The smallest absolute Gasteiger partial charge is 0.462 e. The highest BCUT2D eigenvalue weighted by molar-refractivity contribution is 7.46. The summed E-state index contributed by atoms with van der Waals surface area (Å²) in [7, 11) is -4.77. The summed E-state index contributed by atoms with van der Waals surface area (Å²) in [4.78, 5) is 42.7. The number of esters is 2. The molecule has 0 bridgehead atoms. The van der Waals surface area contributed by atoms with Crippen molar-refractivity contribution < 1.29 is 37.9 Å². The number of rotatable bonds is 34. The second kappa shape index (κ2) is 36.3. The number of unbranched alkanes of at least 4 members (excludes halogenated alkanes) is 12. The summed E-state index contributed by atoms with van der Waals surface area (Å²) in [5.74, 6) is -0.949. The summed E-state index contributed by atoms with van der Waals surface area (Å²) in [5.41, 5.74) is 0. The Morgan fingerprint density at radius 2 is 0.960 bits per heavy atom. The Morgan fingerprint density at radius 1 is 0.540 bits per heavy atom. The fourth-order valence-electron chi connectivity index (χ4n) is 4.86. The monoisotopic (exact) mass is 720 g/mol. The number of hydrogen-bond acceptors (Lipinski definition) is 6. The second-order valence-electron chi connectivity index (χ2n) is 12.5. The maximum Gasteiger partial charge on any atom is 0.469 e. The fourth-order valence-corrected chi connectivity index (χ4v) is 5.22. The Labute approximate surface area is 304 Å².